The van der Waals surface area contributed by atoms with Crippen molar-refractivity contribution < 1.29 is 33.4 Å². The van der Waals surface area contributed by atoms with Crippen LogP contribution in [0, 0.1) is 11.8 Å². The molecule has 0 bridgehead atoms. The maximum Gasteiger partial charge on any atom is 0.287 e. The molecule has 2 aromatic rings. The van der Waals surface area contributed by atoms with Crippen LogP contribution in [0.5, 0.6) is 5.75 Å². The molecule has 2 fully saturated rings. The monoisotopic (exact) mass is 614 g/mol. The fourth-order valence-electron chi connectivity index (χ4n) is 5.66. The van der Waals surface area contributed by atoms with Gasteiger partial charge in [-0.15, -0.1) is 0 Å². The number of hydrogen-bond donors (Lipinski definition) is 3. The molecule has 3 N–H and O–H groups in total. The van der Waals surface area contributed by atoms with Gasteiger partial charge in [-0.2, -0.15) is 0 Å². The molecular weight excluding hydrogens is 564 g/mol. The molecule has 0 aliphatic carbocycles. The quantitative estimate of drug-likeness (QED) is 0.313. The minimum atomic E-state index is -0.888. The number of furan rings is 1. The van der Waals surface area contributed by atoms with Gasteiger partial charge in [0.2, 0.25) is 11.8 Å². The average molecular weight is 615 g/mol. The highest BCUT2D eigenvalue weighted by atomic mass is 16.5. The summed E-state index contributed by atoms with van der Waals surface area (Å²) in [5.41, 5.74) is 0.551. The number of ether oxygens (including phenoxy) is 2. The van der Waals surface area contributed by atoms with Crippen LogP contribution in [0.4, 0.5) is 0 Å². The standard InChI is InChI=1S/C33H50N4O7/c1-22(2)7-10-31(39)37-11-5-6-26(28(38)21-37)34-32(40)27(18-23(3)4)35-33(41)30-20-24-19-25(8-9-29(24)44-30)43-17-14-36-12-15-42-16-13-36/h8-9,19-20,22-23,26-28,38H,5-7,10-18,21H2,1-4H3,(H,34,40)(H,35,41)/t26?,27-,28?/m0/s1. The fraction of sp³-hybridized carbons (Fsp3) is 0.667. The lowest BCUT2D eigenvalue weighted by atomic mass is 10.0. The molecule has 11 nitrogen and oxygen atoms in total. The lowest BCUT2D eigenvalue weighted by molar-refractivity contribution is -0.132. The van der Waals surface area contributed by atoms with Gasteiger partial charge in [0.1, 0.15) is 24.0 Å². The third-order valence-electron chi connectivity index (χ3n) is 8.25. The number of β-amino-alcohol motifs (C(OH)–C–C–N with tert-alkyl or cyclic N) is 1. The number of aliphatic hydroxyl groups excluding tert-OH is 1. The molecule has 0 spiro atoms. The number of carbonyl (C=O) groups excluding carboxylic acids is 3. The van der Waals surface area contributed by atoms with E-state index in [-0.39, 0.29) is 30.0 Å². The summed E-state index contributed by atoms with van der Waals surface area (Å²) < 4.78 is 17.1. The average Bonchev–Trinajstić information content (AvgIpc) is 3.33. The van der Waals surface area contributed by atoms with E-state index in [1.807, 2.05) is 26.0 Å². The number of benzene rings is 1. The Bertz CT molecular complexity index is 1240. The maximum absolute atomic E-state index is 13.4. The highest BCUT2D eigenvalue weighted by molar-refractivity contribution is 5.98. The summed E-state index contributed by atoms with van der Waals surface area (Å²) in [6, 6.07) is 5.78. The zero-order valence-corrected chi connectivity index (χ0v) is 26.7. The molecule has 3 heterocycles. The lowest BCUT2D eigenvalue weighted by Crippen LogP contribution is -2.54. The number of nitrogens with zero attached hydrogens (tertiary/aromatic N) is 2. The highest BCUT2D eigenvalue weighted by Crippen LogP contribution is 2.25. The van der Waals surface area contributed by atoms with Gasteiger partial charge in [-0.3, -0.25) is 19.3 Å². The van der Waals surface area contributed by atoms with Crippen LogP contribution >= 0.6 is 0 Å². The Balaban J connectivity index is 1.34. The summed E-state index contributed by atoms with van der Waals surface area (Å²) in [6.45, 7) is 13.5. The molecule has 4 rings (SSSR count). The SMILES string of the molecule is CC(C)CCC(=O)N1CCCC(NC(=O)[C@H](CC(C)C)NC(=O)c2cc3cc(OCCN4CCOCC4)ccc3o2)C(O)C1. The summed E-state index contributed by atoms with van der Waals surface area (Å²) in [5, 5.41) is 17.5. The summed E-state index contributed by atoms with van der Waals surface area (Å²) in [6.07, 6.45) is 2.01. The van der Waals surface area contributed by atoms with Gasteiger partial charge < -0.3 is 34.5 Å². The Morgan fingerprint density at radius 2 is 1.84 bits per heavy atom. The van der Waals surface area contributed by atoms with Crippen molar-refractivity contribution in [2.45, 2.75) is 78.0 Å². The van der Waals surface area contributed by atoms with Crippen LogP contribution in [0.3, 0.4) is 0 Å². The number of fused-ring (bicyclic) bond motifs is 1. The first-order valence-electron chi connectivity index (χ1n) is 16.1. The second kappa shape index (κ2) is 16.2. The maximum atomic E-state index is 13.4. The van der Waals surface area contributed by atoms with Crippen LogP contribution < -0.4 is 15.4 Å². The number of aliphatic hydroxyl groups is 1. The number of hydrogen-bond acceptors (Lipinski definition) is 8. The second-order valence-electron chi connectivity index (χ2n) is 12.9. The molecule has 44 heavy (non-hydrogen) atoms. The van der Waals surface area contributed by atoms with Crippen molar-refractivity contribution in [3.8, 4) is 5.75 Å². The third-order valence-corrected chi connectivity index (χ3v) is 8.25. The van der Waals surface area contributed by atoms with Crippen LogP contribution in [0.15, 0.2) is 28.7 Å². The number of carbonyl (C=O) groups is 3. The fourth-order valence-corrected chi connectivity index (χ4v) is 5.66. The number of likely N-dealkylation sites (tertiary alicyclic amines) is 1. The van der Waals surface area contributed by atoms with Crippen molar-refractivity contribution in [1.82, 2.24) is 20.4 Å². The second-order valence-corrected chi connectivity index (χ2v) is 12.9. The summed E-state index contributed by atoms with van der Waals surface area (Å²) in [4.78, 5) is 43.3. The minimum Gasteiger partial charge on any atom is -0.492 e. The van der Waals surface area contributed by atoms with E-state index in [4.69, 9.17) is 13.9 Å². The van der Waals surface area contributed by atoms with Crippen molar-refractivity contribution in [3.05, 3.63) is 30.0 Å². The van der Waals surface area contributed by atoms with Crippen molar-refractivity contribution >= 4 is 28.7 Å². The van der Waals surface area contributed by atoms with Crippen LogP contribution in [-0.4, -0.2) is 103 Å². The molecule has 11 heteroatoms. The van der Waals surface area contributed by atoms with Gasteiger partial charge in [-0.05, 0) is 61.8 Å². The molecule has 3 atom stereocenters. The molecule has 2 aliphatic rings. The van der Waals surface area contributed by atoms with Crippen molar-refractivity contribution in [2.75, 3.05) is 52.5 Å². The molecule has 1 aromatic carbocycles. The van der Waals surface area contributed by atoms with Gasteiger partial charge in [0.25, 0.3) is 5.91 Å². The molecular formula is C33H50N4O7. The predicted octanol–water partition coefficient (Wildman–Crippen LogP) is 3.19. The van der Waals surface area contributed by atoms with E-state index in [2.05, 4.69) is 29.4 Å². The van der Waals surface area contributed by atoms with Crippen molar-refractivity contribution in [2.24, 2.45) is 11.8 Å². The van der Waals surface area contributed by atoms with Crippen LogP contribution in [0.2, 0.25) is 0 Å². The zero-order chi connectivity index (χ0) is 31.6. The number of rotatable bonds is 13. The Hall–Kier alpha value is -3.15. The normalized spacial score (nSPS) is 20.5. The molecule has 0 radical (unpaired) electrons. The first-order chi connectivity index (χ1) is 21.1. The zero-order valence-electron chi connectivity index (χ0n) is 26.7. The van der Waals surface area contributed by atoms with Gasteiger partial charge in [-0.1, -0.05) is 27.7 Å². The van der Waals surface area contributed by atoms with Gasteiger partial charge in [-0.25, -0.2) is 0 Å². The van der Waals surface area contributed by atoms with Crippen molar-refractivity contribution in [1.29, 1.82) is 0 Å². The third kappa shape index (κ3) is 9.93. The largest absolute Gasteiger partial charge is 0.492 e. The number of amides is 3. The van der Waals surface area contributed by atoms with Gasteiger partial charge in [0.15, 0.2) is 5.76 Å². The molecule has 2 saturated heterocycles. The van der Waals surface area contributed by atoms with E-state index in [1.165, 1.54) is 0 Å². The summed E-state index contributed by atoms with van der Waals surface area (Å²) >= 11 is 0. The first-order valence-corrected chi connectivity index (χ1v) is 16.1. The molecule has 2 unspecified atom stereocenters. The first kappa shape index (κ1) is 33.7. The Morgan fingerprint density at radius 1 is 1.07 bits per heavy atom. The summed E-state index contributed by atoms with van der Waals surface area (Å²) in [5.74, 6) is 0.551. The predicted molar refractivity (Wildman–Crippen MR) is 168 cm³/mol. The molecule has 0 saturated carbocycles. The molecule has 244 valence electrons. The van der Waals surface area contributed by atoms with Gasteiger partial charge in [0.05, 0.1) is 25.4 Å². The van der Waals surface area contributed by atoms with Gasteiger partial charge >= 0.3 is 0 Å². The minimum absolute atomic E-state index is 0.0344. The van der Waals surface area contributed by atoms with E-state index in [0.29, 0.717) is 56.1 Å². The van der Waals surface area contributed by atoms with Crippen LogP contribution in [0.1, 0.15) is 70.4 Å². The van der Waals surface area contributed by atoms with Crippen LogP contribution in [0.25, 0.3) is 11.0 Å². The van der Waals surface area contributed by atoms with E-state index in [9.17, 15) is 19.5 Å². The van der Waals surface area contributed by atoms with E-state index >= 15 is 0 Å². The molecule has 1 aromatic heterocycles. The Kier molecular flexibility index (Phi) is 12.5. The van der Waals surface area contributed by atoms with E-state index in [0.717, 1.165) is 44.7 Å². The highest BCUT2D eigenvalue weighted by Gasteiger charge is 2.32. The van der Waals surface area contributed by atoms with E-state index in [1.54, 1.807) is 17.0 Å². The molecule has 3 amide bonds. The molecule has 2 aliphatic heterocycles. The number of nitrogens with one attached hydrogen (secondary N) is 2. The Labute approximate surface area is 260 Å². The Morgan fingerprint density at radius 3 is 2.57 bits per heavy atom. The van der Waals surface area contributed by atoms with Crippen molar-refractivity contribution in [3.63, 3.8) is 0 Å². The smallest absolute Gasteiger partial charge is 0.287 e. The van der Waals surface area contributed by atoms with Crippen LogP contribution in [-0.2, 0) is 14.3 Å². The van der Waals surface area contributed by atoms with E-state index < -0.39 is 24.1 Å². The lowest BCUT2D eigenvalue weighted by Gasteiger charge is -2.27. The summed E-state index contributed by atoms with van der Waals surface area (Å²) in [7, 11) is 0. The number of morpholine rings is 1. The topological polar surface area (TPSA) is 134 Å². The van der Waals surface area contributed by atoms with Gasteiger partial charge in [0, 0.05) is 44.5 Å².